The molecule has 2 fully saturated rings. The zero-order chi connectivity index (χ0) is 16.9. The van der Waals surface area contributed by atoms with Crippen LogP contribution in [0.3, 0.4) is 0 Å². The van der Waals surface area contributed by atoms with Gasteiger partial charge in [-0.05, 0) is 64.3 Å². The normalized spacial score (nSPS) is 22.9. The van der Waals surface area contributed by atoms with Gasteiger partial charge in [-0.1, -0.05) is 6.92 Å². The van der Waals surface area contributed by atoms with Crippen molar-refractivity contribution in [3.05, 3.63) is 0 Å². The lowest BCUT2D eigenvalue weighted by atomic mass is 9.80. The summed E-state index contributed by atoms with van der Waals surface area (Å²) < 4.78 is 10.9. The van der Waals surface area contributed by atoms with Crippen LogP contribution in [0.1, 0.15) is 53.4 Å². The Hall–Kier alpha value is -0.810. The van der Waals surface area contributed by atoms with Gasteiger partial charge in [-0.2, -0.15) is 0 Å². The van der Waals surface area contributed by atoms with Gasteiger partial charge in [-0.3, -0.25) is 0 Å². The number of ether oxygens (including phenoxy) is 2. The summed E-state index contributed by atoms with van der Waals surface area (Å²) in [6, 6.07) is 0. The highest BCUT2D eigenvalue weighted by Gasteiger charge is 2.33. The van der Waals surface area contributed by atoms with Crippen LogP contribution in [-0.2, 0) is 9.47 Å². The first-order valence-corrected chi connectivity index (χ1v) is 9.04. The van der Waals surface area contributed by atoms with Gasteiger partial charge in [0.05, 0.1) is 0 Å². The lowest BCUT2D eigenvalue weighted by Gasteiger charge is -2.40. The maximum atomic E-state index is 12.1. The average Bonchev–Trinajstić information content (AvgIpc) is 2.47. The molecule has 2 aliphatic heterocycles. The Bertz CT molecular complexity index is 378. The molecule has 0 bridgehead atoms. The Balaban J connectivity index is 1.68. The predicted octanol–water partition coefficient (Wildman–Crippen LogP) is 3.04. The fourth-order valence-electron chi connectivity index (χ4n) is 3.26. The molecule has 5 nitrogen and oxygen atoms in total. The lowest BCUT2D eigenvalue weighted by molar-refractivity contribution is 0.0117. The zero-order valence-electron chi connectivity index (χ0n) is 15.3. The van der Waals surface area contributed by atoms with Crippen LogP contribution < -0.4 is 5.32 Å². The number of amides is 1. The van der Waals surface area contributed by atoms with Crippen LogP contribution in [0.2, 0.25) is 0 Å². The summed E-state index contributed by atoms with van der Waals surface area (Å²) in [7, 11) is 0. The van der Waals surface area contributed by atoms with Crippen LogP contribution in [0, 0.1) is 11.3 Å². The van der Waals surface area contributed by atoms with Crippen LogP contribution in [0.4, 0.5) is 4.79 Å². The Morgan fingerprint density at radius 3 is 2.43 bits per heavy atom. The third-order valence-corrected chi connectivity index (χ3v) is 4.95. The Morgan fingerprint density at radius 1 is 1.26 bits per heavy atom. The number of nitrogens with zero attached hydrogens (tertiary/aromatic N) is 1. The molecular weight excluding hydrogens is 292 g/mol. The van der Waals surface area contributed by atoms with E-state index in [4.69, 9.17) is 9.47 Å². The molecular formula is C18H34N2O3. The van der Waals surface area contributed by atoms with E-state index >= 15 is 0 Å². The van der Waals surface area contributed by atoms with Crippen molar-refractivity contribution in [3.63, 3.8) is 0 Å². The molecule has 5 heteroatoms. The van der Waals surface area contributed by atoms with Crippen LogP contribution in [0.5, 0.6) is 0 Å². The summed E-state index contributed by atoms with van der Waals surface area (Å²) in [4.78, 5) is 14.0. The minimum atomic E-state index is -0.414. The van der Waals surface area contributed by atoms with Crippen LogP contribution in [-0.4, -0.2) is 56.0 Å². The minimum absolute atomic E-state index is 0.172. The Labute approximate surface area is 141 Å². The second-order valence-electron chi connectivity index (χ2n) is 8.46. The molecule has 0 saturated carbocycles. The van der Waals surface area contributed by atoms with Gasteiger partial charge in [-0.25, -0.2) is 4.79 Å². The quantitative estimate of drug-likeness (QED) is 0.863. The third kappa shape index (κ3) is 6.30. The predicted molar refractivity (Wildman–Crippen MR) is 91.6 cm³/mol. The molecule has 1 amide bonds. The fourth-order valence-corrected chi connectivity index (χ4v) is 3.26. The molecule has 0 aromatic carbocycles. The number of hydrogen-bond donors (Lipinski definition) is 1. The molecule has 2 saturated heterocycles. The standard InChI is InChI=1S/C18H34N2O3/c1-17(2,3)23-16(21)20-9-7-18(4,8-10-20)14-19-13-15-5-11-22-12-6-15/h15,19H,5-14H2,1-4H3. The Kier molecular flexibility index (Phi) is 6.32. The second kappa shape index (κ2) is 7.84. The highest BCUT2D eigenvalue weighted by Crippen LogP contribution is 2.31. The van der Waals surface area contributed by atoms with E-state index in [1.165, 1.54) is 12.8 Å². The summed E-state index contributed by atoms with van der Waals surface area (Å²) in [5.74, 6) is 0.759. The highest BCUT2D eigenvalue weighted by molar-refractivity contribution is 5.68. The monoisotopic (exact) mass is 326 g/mol. The number of rotatable bonds is 4. The molecule has 0 unspecified atom stereocenters. The first-order chi connectivity index (χ1) is 10.8. The summed E-state index contributed by atoms with van der Waals surface area (Å²) in [5, 5.41) is 3.66. The number of piperidine rings is 1. The highest BCUT2D eigenvalue weighted by atomic mass is 16.6. The molecule has 2 aliphatic rings. The van der Waals surface area contributed by atoms with Crippen molar-refractivity contribution in [1.29, 1.82) is 0 Å². The summed E-state index contributed by atoms with van der Waals surface area (Å²) in [6.07, 6.45) is 4.25. The van der Waals surface area contributed by atoms with E-state index in [1.807, 2.05) is 25.7 Å². The summed E-state index contributed by atoms with van der Waals surface area (Å²) in [5.41, 5.74) is -0.132. The summed E-state index contributed by atoms with van der Waals surface area (Å²) in [6.45, 7) is 13.6. The van der Waals surface area contributed by atoms with E-state index < -0.39 is 5.60 Å². The zero-order valence-corrected chi connectivity index (χ0v) is 15.3. The first-order valence-electron chi connectivity index (χ1n) is 9.04. The van der Waals surface area contributed by atoms with E-state index in [1.54, 1.807) is 0 Å². The molecule has 1 N–H and O–H groups in total. The Morgan fingerprint density at radius 2 is 1.87 bits per heavy atom. The van der Waals surface area contributed by atoms with Gasteiger partial charge in [0, 0.05) is 32.8 Å². The third-order valence-electron chi connectivity index (χ3n) is 4.95. The molecule has 0 atom stereocenters. The molecule has 134 valence electrons. The van der Waals surface area contributed by atoms with Gasteiger partial charge >= 0.3 is 6.09 Å². The maximum Gasteiger partial charge on any atom is 0.410 e. The molecule has 0 spiro atoms. The van der Waals surface area contributed by atoms with Crippen LogP contribution in [0.25, 0.3) is 0 Å². The van der Waals surface area contributed by atoms with Crippen molar-refractivity contribution >= 4 is 6.09 Å². The van der Waals surface area contributed by atoms with E-state index in [2.05, 4.69) is 12.2 Å². The number of nitrogens with one attached hydrogen (secondary N) is 1. The van der Waals surface area contributed by atoms with Crippen LogP contribution >= 0.6 is 0 Å². The minimum Gasteiger partial charge on any atom is -0.444 e. The van der Waals surface area contributed by atoms with E-state index in [0.29, 0.717) is 0 Å². The van der Waals surface area contributed by atoms with E-state index in [9.17, 15) is 4.79 Å². The number of carbonyl (C=O) groups excluding carboxylic acids is 1. The van der Waals surface area contributed by atoms with Crippen molar-refractivity contribution in [3.8, 4) is 0 Å². The van der Waals surface area contributed by atoms with Gasteiger partial charge in [0.1, 0.15) is 5.60 Å². The molecule has 2 rings (SSSR count). The number of likely N-dealkylation sites (tertiary alicyclic amines) is 1. The van der Waals surface area contributed by atoms with Gasteiger partial charge < -0.3 is 19.7 Å². The van der Waals surface area contributed by atoms with Gasteiger partial charge in [0.2, 0.25) is 0 Å². The van der Waals surface area contributed by atoms with Crippen molar-refractivity contribution in [2.24, 2.45) is 11.3 Å². The van der Waals surface area contributed by atoms with E-state index in [0.717, 1.165) is 58.2 Å². The first kappa shape index (κ1) is 18.5. The molecule has 0 radical (unpaired) electrons. The average molecular weight is 326 g/mol. The second-order valence-corrected chi connectivity index (χ2v) is 8.46. The van der Waals surface area contributed by atoms with E-state index in [-0.39, 0.29) is 11.5 Å². The SMILES string of the molecule is CC1(CNCC2CCOCC2)CCN(C(=O)OC(C)(C)C)CC1. The van der Waals surface area contributed by atoms with Crippen molar-refractivity contribution < 1.29 is 14.3 Å². The maximum absolute atomic E-state index is 12.1. The van der Waals surface area contributed by atoms with Gasteiger partial charge in [0.25, 0.3) is 0 Å². The fraction of sp³-hybridized carbons (Fsp3) is 0.944. The van der Waals surface area contributed by atoms with Crippen LogP contribution in [0.15, 0.2) is 0 Å². The number of hydrogen-bond acceptors (Lipinski definition) is 4. The van der Waals surface area contributed by atoms with Crippen molar-refractivity contribution in [2.45, 2.75) is 59.0 Å². The summed E-state index contributed by atoms with van der Waals surface area (Å²) >= 11 is 0. The molecule has 23 heavy (non-hydrogen) atoms. The van der Waals surface area contributed by atoms with Crippen molar-refractivity contribution in [1.82, 2.24) is 10.2 Å². The number of carbonyl (C=O) groups is 1. The van der Waals surface area contributed by atoms with Gasteiger partial charge in [0.15, 0.2) is 0 Å². The topological polar surface area (TPSA) is 50.8 Å². The largest absolute Gasteiger partial charge is 0.444 e. The smallest absolute Gasteiger partial charge is 0.410 e. The molecule has 0 aromatic rings. The molecule has 0 aliphatic carbocycles. The van der Waals surface area contributed by atoms with Crippen molar-refractivity contribution in [2.75, 3.05) is 39.4 Å². The van der Waals surface area contributed by atoms with Gasteiger partial charge in [-0.15, -0.1) is 0 Å². The molecule has 0 aromatic heterocycles. The lowest BCUT2D eigenvalue weighted by Crippen LogP contribution is -2.47. The molecule has 2 heterocycles.